The number of aryl methyl sites for hydroxylation is 1. The second kappa shape index (κ2) is 7.52. The summed E-state index contributed by atoms with van der Waals surface area (Å²) in [4.78, 5) is 18.3. The molecular weight excluding hydrogens is 352 g/mol. The molecule has 6 heteroatoms. The van der Waals surface area contributed by atoms with Gasteiger partial charge in [-0.25, -0.2) is 14.3 Å². The van der Waals surface area contributed by atoms with Crippen LogP contribution in [0.25, 0.3) is 5.52 Å². The Labute approximate surface area is 162 Å². The summed E-state index contributed by atoms with van der Waals surface area (Å²) < 4.78 is 1.60. The van der Waals surface area contributed by atoms with Crippen molar-refractivity contribution in [3.63, 3.8) is 0 Å². The fourth-order valence-electron chi connectivity index (χ4n) is 3.40. The van der Waals surface area contributed by atoms with Crippen LogP contribution in [0.4, 0.5) is 5.82 Å². The first kappa shape index (κ1) is 17.7. The SMILES string of the molecule is Cc1c(C(=O)O)cn2ncnc(N(Cc3ccccc3)Cc3ccccc3)c12. The van der Waals surface area contributed by atoms with Gasteiger partial charge >= 0.3 is 5.97 Å². The first-order valence-corrected chi connectivity index (χ1v) is 9.02. The zero-order valence-corrected chi connectivity index (χ0v) is 15.5. The average molecular weight is 372 g/mol. The molecule has 2 aromatic heterocycles. The lowest BCUT2D eigenvalue weighted by Crippen LogP contribution is -2.24. The first-order chi connectivity index (χ1) is 13.6. The molecule has 0 saturated carbocycles. The van der Waals surface area contributed by atoms with Gasteiger partial charge in [0.2, 0.25) is 0 Å². The quantitative estimate of drug-likeness (QED) is 0.555. The Kier molecular flexibility index (Phi) is 4.76. The van der Waals surface area contributed by atoms with Crippen LogP contribution in [0.15, 0.2) is 73.2 Å². The predicted octanol–water partition coefficient (Wildman–Crippen LogP) is 3.94. The molecule has 28 heavy (non-hydrogen) atoms. The van der Waals surface area contributed by atoms with Crippen LogP contribution in [0.2, 0.25) is 0 Å². The summed E-state index contributed by atoms with van der Waals surface area (Å²) in [5, 5.41) is 13.7. The highest BCUT2D eigenvalue weighted by molar-refractivity contribution is 5.94. The monoisotopic (exact) mass is 372 g/mol. The van der Waals surface area contributed by atoms with Gasteiger partial charge in [-0.3, -0.25) is 0 Å². The molecule has 140 valence electrons. The first-order valence-electron chi connectivity index (χ1n) is 9.02. The van der Waals surface area contributed by atoms with Gasteiger partial charge in [-0.15, -0.1) is 0 Å². The average Bonchev–Trinajstić information content (AvgIpc) is 3.06. The van der Waals surface area contributed by atoms with Gasteiger partial charge in [0.15, 0.2) is 5.82 Å². The third-order valence-electron chi connectivity index (χ3n) is 4.77. The highest BCUT2D eigenvalue weighted by atomic mass is 16.4. The smallest absolute Gasteiger partial charge is 0.337 e. The zero-order chi connectivity index (χ0) is 19.5. The van der Waals surface area contributed by atoms with E-state index in [1.165, 1.54) is 6.33 Å². The van der Waals surface area contributed by atoms with Crippen LogP contribution in [0.3, 0.4) is 0 Å². The van der Waals surface area contributed by atoms with Crippen molar-refractivity contribution in [2.45, 2.75) is 20.0 Å². The Balaban J connectivity index is 1.82. The molecule has 2 aromatic carbocycles. The molecular formula is C22H20N4O2. The summed E-state index contributed by atoms with van der Waals surface area (Å²) in [7, 11) is 0. The van der Waals surface area contributed by atoms with E-state index in [-0.39, 0.29) is 5.56 Å². The largest absolute Gasteiger partial charge is 0.478 e. The number of carboxylic acid groups (broad SMARTS) is 1. The maximum Gasteiger partial charge on any atom is 0.337 e. The number of anilines is 1. The lowest BCUT2D eigenvalue weighted by atomic mass is 10.1. The Morgan fingerprint density at radius 1 is 1.00 bits per heavy atom. The van der Waals surface area contributed by atoms with Crippen LogP contribution in [0.5, 0.6) is 0 Å². The summed E-state index contributed by atoms with van der Waals surface area (Å²) in [6, 6.07) is 20.3. The number of hydrogen-bond donors (Lipinski definition) is 1. The van der Waals surface area contributed by atoms with Gasteiger partial charge in [0, 0.05) is 19.3 Å². The maximum atomic E-state index is 11.6. The van der Waals surface area contributed by atoms with E-state index in [2.05, 4.69) is 39.2 Å². The molecule has 0 fully saturated rings. The van der Waals surface area contributed by atoms with Gasteiger partial charge in [-0.2, -0.15) is 5.10 Å². The van der Waals surface area contributed by atoms with E-state index in [1.807, 2.05) is 36.4 Å². The Bertz CT molecular complexity index is 1070. The van der Waals surface area contributed by atoms with Crippen molar-refractivity contribution >= 4 is 17.3 Å². The number of rotatable bonds is 6. The second-order valence-electron chi connectivity index (χ2n) is 6.68. The number of aromatic nitrogens is 3. The fourth-order valence-corrected chi connectivity index (χ4v) is 3.40. The van der Waals surface area contributed by atoms with Gasteiger partial charge in [0.25, 0.3) is 0 Å². The van der Waals surface area contributed by atoms with Gasteiger partial charge in [0.05, 0.1) is 5.56 Å². The van der Waals surface area contributed by atoms with E-state index >= 15 is 0 Å². The predicted molar refractivity (Wildman–Crippen MR) is 107 cm³/mol. The minimum atomic E-state index is -0.966. The van der Waals surface area contributed by atoms with E-state index in [4.69, 9.17) is 0 Å². The van der Waals surface area contributed by atoms with Crippen molar-refractivity contribution in [3.8, 4) is 0 Å². The Hall–Kier alpha value is -3.67. The summed E-state index contributed by atoms with van der Waals surface area (Å²) >= 11 is 0. The van der Waals surface area contributed by atoms with Gasteiger partial charge in [-0.05, 0) is 23.6 Å². The molecule has 4 rings (SSSR count). The number of hydrogen-bond acceptors (Lipinski definition) is 4. The molecule has 0 radical (unpaired) electrons. The van der Waals surface area contributed by atoms with Crippen LogP contribution < -0.4 is 4.90 Å². The summed E-state index contributed by atoms with van der Waals surface area (Å²) in [6.45, 7) is 3.10. The number of carbonyl (C=O) groups is 1. The normalized spacial score (nSPS) is 10.9. The number of benzene rings is 2. The van der Waals surface area contributed by atoms with Crippen LogP contribution in [-0.2, 0) is 13.1 Å². The molecule has 1 N–H and O–H groups in total. The summed E-state index contributed by atoms with van der Waals surface area (Å²) in [5.41, 5.74) is 3.91. The van der Waals surface area contributed by atoms with Crippen molar-refractivity contribution in [2.75, 3.05) is 4.90 Å². The lowest BCUT2D eigenvalue weighted by molar-refractivity contribution is 0.0696. The molecule has 0 aliphatic rings. The van der Waals surface area contributed by atoms with Crippen LogP contribution in [-0.4, -0.2) is 25.7 Å². The molecule has 0 amide bonds. The standard InChI is InChI=1S/C22H20N4O2/c1-16-19(22(27)28)14-26-20(16)21(23-15-24-26)25(12-17-8-4-2-5-9-17)13-18-10-6-3-7-11-18/h2-11,14-15H,12-13H2,1H3,(H,27,28). The van der Waals surface area contributed by atoms with Crippen molar-refractivity contribution in [3.05, 3.63) is 95.4 Å². The lowest BCUT2D eigenvalue weighted by Gasteiger charge is -2.25. The van der Waals surface area contributed by atoms with Crippen molar-refractivity contribution in [1.29, 1.82) is 0 Å². The third kappa shape index (κ3) is 3.44. The molecule has 0 aliphatic carbocycles. The van der Waals surface area contributed by atoms with E-state index in [0.29, 0.717) is 30.0 Å². The molecule has 6 nitrogen and oxygen atoms in total. The zero-order valence-electron chi connectivity index (χ0n) is 15.5. The van der Waals surface area contributed by atoms with E-state index in [9.17, 15) is 9.90 Å². The van der Waals surface area contributed by atoms with Gasteiger partial charge in [-0.1, -0.05) is 60.7 Å². The van der Waals surface area contributed by atoms with Crippen LogP contribution >= 0.6 is 0 Å². The number of carboxylic acids is 1. The number of aromatic carboxylic acids is 1. The highest BCUT2D eigenvalue weighted by Gasteiger charge is 2.20. The van der Waals surface area contributed by atoms with E-state index < -0.39 is 5.97 Å². The topological polar surface area (TPSA) is 70.7 Å². The minimum absolute atomic E-state index is 0.237. The maximum absolute atomic E-state index is 11.6. The summed E-state index contributed by atoms with van der Waals surface area (Å²) in [6.07, 6.45) is 3.01. The molecule has 0 unspecified atom stereocenters. The van der Waals surface area contributed by atoms with Crippen LogP contribution in [0, 0.1) is 6.92 Å². The Morgan fingerprint density at radius 2 is 1.57 bits per heavy atom. The Morgan fingerprint density at radius 3 is 2.11 bits per heavy atom. The van der Waals surface area contributed by atoms with E-state index in [1.54, 1.807) is 17.6 Å². The van der Waals surface area contributed by atoms with Gasteiger partial charge in [0.1, 0.15) is 11.8 Å². The number of fused-ring (bicyclic) bond motifs is 1. The van der Waals surface area contributed by atoms with Crippen LogP contribution in [0.1, 0.15) is 27.0 Å². The molecule has 0 aliphatic heterocycles. The molecule has 4 aromatic rings. The molecule has 0 atom stereocenters. The number of nitrogens with zero attached hydrogens (tertiary/aromatic N) is 4. The molecule has 2 heterocycles. The molecule has 0 saturated heterocycles. The van der Waals surface area contributed by atoms with Crippen molar-refractivity contribution in [1.82, 2.24) is 14.6 Å². The van der Waals surface area contributed by atoms with Crippen molar-refractivity contribution < 1.29 is 9.90 Å². The molecule has 0 spiro atoms. The second-order valence-corrected chi connectivity index (χ2v) is 6.68. The van der Waals surface area contributed by atoms with E-state index in [0.717, 1.165) is 11.1 Å². The third-order valence-corrected chi connectivity index (χ3v) is 4.77. The minimum Gasteiger partial charge on any atom is -0.478 e. The summed E-state index contributed by atoms with van der Waals surface area (Å²) in [5.74, 6) is -0.251. The molecule has 0 bridgehead atoms. The highest BCUT2D eigenvalue weighted by Crippen LogP contribution is 2.28. The fraction of sp³-hybridized carbons (Fsp3) is 0.136. The van der Waals surface area contributed by atoms with Gasteiger partial charge < -0.3 is 10.0 Å². The van der Waals surface area contributed by atoms with Crippen molar-refractivity contribution in [2.24, 2.45) is 0 Å².